The molecule has 6 heteroatoms. The first kappa shape index (κ1) is 13.6. The summed E-state index contributed by atoms with van der Waals surface area (Å²) in [7, 11) is 1.22. The topological polar surface area (TPSA) is 64.6 Å². The van der Waals surface area contributed by atoms with Crippen LogP contribution in [0.1, 0.15) is 6.92 Å². The molecule has 0 saturated carbocycles. The van der Waals surface area contributed by atoms with Gasteiger partial charge in [0.15, 0.2) is 0 Å². The van der Waals surface area contributed by atoms with Gasteiger partial charge in [-0.3, -0.25) is 9.59 Å². The van der Waals surface area contributed by atoms with E-state index in [0.717, 1.165) is 0 Å². The van der Waals surface area contributed by atoms with E-state index in [1.54, 1.807) is 13.0 Å². The van der Waals surface area contributed by atoms with Crippen molar-refractivity contribution < 1.29 is 23.5 Å². The van der Waals surface area contributed by atoms with Gasteiger partial charge < -0.3 is 14.8 Å². The molecule has 0 aromatic carbocycles. The van der Waals surface area contributed by atoms with Gasteiger partial charge in [-0.2, -0.15) is 0 Å². The van der Waals surface area contributed by atoms with Crippen molar-refractivity contribution in [1.29, 1.82) is 0 Å². The molecule has 1 N–H and O–H groups in total. The maximum Gasteiger partial charge on any atom is 0.318 e. The first-order chi connectivity index (χ1) is 9.08. The lowest BCUT2D eigenvalue weighted by molar-refractivity contribution is -0.150. The number of carbonyl (C=O) groups excluding carboxylic acids is 2. The van der Waals surface area contributed by atoms with Crippen molar-refractivity contribution in [2.45, 2.75) is 6.92 Å². The quantitative estimate of drug-likeness (QED) is 0.609. The van der Waals surface area contributed by atoms with E-state index in [2.05, 4.69) is 10.1 Å². The Morgan fingerprint density at radius 3 is 2.95 bits per heavy atom. The number of allylic oxidation sites excluding steroid dienone is 3. The number of rotatable bonds is 4. The van der Waals surface area contributed by atoms with Gasteiger partial charge in [0.25, 0.3) is 0 Å². The molecular weight excluding hydrogens is 253 g/mol. The zero-order valence-electron chi connectivity index (χ0n) is 10.8. The van der Waals surface area contributed by atoms with Crippen LogP contribution < -0.4 is 5.32 Å². The minimum atomic E-state index is -0.966. The molecule has 1 fully saturated rings. The van der Waals surface area contributed by atoms with Crippen molar-refractivity contribution in [2.75, 3.05) is 20.3 Å². The molecular formula is C13H16FNO4. The highest BCUT2D eigenvalue weighted by atomic mass is 19.1. The molecule has 0 radical (unpaired) electrons. The van der Waals surface area contributed by atoms with Crippen LogP contribution in [0, 0.1) is 17.8 Å². The Labute approximate surface area is 110 Å². The first-order valence-corrected chi connectivity index (χ1v) is 6.15. The van der Waals surface area contributed by atoms with Gasteiger partial charge >= 0.3 is 5.97 Å². The first-order valence-electron chi connectivity index (χ1n) is 6.15. The largest absolute Gasteiger partial charge is 0.494 e. The lowest BCUT2D eigenvalue weighted by Crippen LogP contribution is -2.31. The molecule has 104 valence electrons. The van der Waals surface area contributed by atoms with Gasteiger partial charge in [0.05, 0.1) is 13.7 Å². The number of nitrogens with one attached hydrogen (secondary N) is 1. The second kappa shape index (κ2) is 5.42. The number of ether oxygens (including phenoxy) is 2. The van der Waals surface area contributed by atoms with Crippen LogP contribution in [0.25, 0.3) is 0 Å². The smallest absolute Gasteiger partial charge is 0.318 e. The van der Waals surface area contributed by atoms with Crippen LogP contribution in [0.5, 0.6) is 0 Å². The third kappa shape index (κ3) is 2.47. The molecule has 1 heterocycles. The van der Waals surface area contributed by atoms with Gasteiger partial charge in [0.1, 0.15) is 17.5 Å². The van der Waals surface area contributed by atoms with Crippen LogP contribution in [-0.4, -0.2) is 32.1 Å². The van der Waals surface area contributed by atoms with Crippen LogP contribution in [0.4, 0.5) is 4.39 Å². The highest BCUT2D eigenvalue weighted by Gasteiger charge is 2.46. The summed E-state index contributed by atoms with van der Waals surface area (Å²) in [5.74, 6) is -3.06. The molecule has 0 aromatic rings. The SMILES string of the molecule is CCOC1=CC(C2CNC(=O)[C@H]2C(=O)OC)C(F)=C1. The molecule has 1 amide bonds. The molecule has 2 rings (SSSR count). The van der Waals surface area contributed by atoms with E-state index in [1.165, 1.54) is 13.2 Å². The van der Waals surface area contributed by atoms with Crippen molar-refractivity contribution in [3.05, 3.63) is 23.7 Å². The fourth-order valence-electron chi connectivity index (χ4n) is 2.51. The van der Waals surface area contributed by atoms with E-state index < -0.39 is 29.6 Å². The zero-order valence-corrected chi connectivity index (χ0v) is 10.8. The standard InChI is InChI=1S/C13H16FNO4/c1-3-19-7-4-8(10(14)5-7)9-6-15-12(16)11(9)13(17)18-2/h4-5,8-9,11H,3,6H2,1-2H3,(H,15,16)/t8?,9?,11-/m0/s1. The normalized spacial score (nSPS) is 29.6. The third-order valence-electron chi connectivity index (χ3n) is 3.39. The van der Waals surface area contributed by atoms with E-state index in [1.807, 2.05) is 0 Å². The number of halogens is 1. The van der Waals surface area contributed by atoms with Crippen molar-refractivity contribution in [3.8, 4) is 0 Å². The molecule has 1 aliphatic carbocycles. The monoisotopic (exact) mass is 269 g/mol. The minimum Gasteiger partial charge on any atom is -0.494 e. The number of hydrogen-bond acceptors (Lipinski definition) is 4. The molecule has 1 aliphatic heterocycles. The predicted octanol–water partition coefficient (Wildman–Crippen LogP) is 0.925. The summed E-state index contributed by atoms with van der Waals surface area (Å²) in [6.45, 7) is 2.49. The van der Waals surface area contributed by atoms with Crippen molar-refractivity contribution >= 4 is 11.9 Å². The third-order valence-corrected chi connectivity index (χ3v) is 3.39. The fourth-order valence-corrected chi connectivity index (χ4v) is 2.51. The summed E-state index contributed by atoms with van der Waals surface area (Å²) in [5.41, 5.74) is 0. The molecule has 0 bridgehead atoms. The van der Waals surface area contributed by atoms with Gasteiger partial charge in [-0.15, -0.1) is 0 Å². The Morgan fingerprint density at radius 1 is 1.58 bits per heavy atom. The number of carbonyl (C=O) groups is 2. The summed E-state index contributed by atoms with van der Waals surface area (Å²) in [6.07, 6.45) is 2.91. The van der Waals surface area contributed by atoms with Crippen LogP contribution in [-0.2, 0) is 19.1 Å². The van der Waals surface area contributed by atoms with E-state index in [-0.39, 0.29) is 12.4 Å². The molecule has 2 unspecified atom stereocenters. The Bertz CT molecular complexity index is 458. The van der Waals surface area contributed by atoms with Crippen LogP contribution in [0.2, 0.25) is 0 Å². The molecule has 0 aromatic heterocycles. The van der Waals surface area contributed by atoms with Crippen LogP contribution in [0.3, 0.4) is 0 Å². The minimum absolute atomic E-state index is 0.250. The molecule has 19 heavy (non-hydrogen) atoms. The van der Waals surface area contributed by atoms with Crippen molar-refractivity contribution in [3.63, 3.8) is 0 Å². The number of esters is 1. The maximum absolute atomic E-state index is 13.9. The lowest BCUT2D eigenvalue weighted by atomic mass is 9.84. The molecule has 5 nitrogen and oxygen atoms in total. The Balaban J connectivity index is 2.20. The summed E-state index contributed by atoms with van der Waals surface area (Å²) in [5, 5.41) is 2.58. The van der Waals surface area contributed by atoms with Gasteiger partial charge in [-0.25, -0.2) is 4.39 Å². The average Bonchev–Trinajstić information content (AvgIpc) is 2.92. The summed E-state index contributed by atoms with van der Waals surface area (Å²) in [6, 6.07) is 0. The maximum atomic E-state index is 13.9. The molecule has 3 atom stereocenters. The average molecular weight is 269 g/mol. The fraction of sp³-hybridized carbons (Fsp3) is 0.538. The second-order valence-corrected chi connectivity index (χ2v) is 4.47. The van der Waals surface area contributed by atoms with Gasteiger partial charge in [0, 0.05) is 24.5 Å². The molecule has 2 aliphatic rings. The molecule has 1 saturated heterocycles. The number of hydrogen-bond donors (Lipinski definition) is 1. The summed E-state index contributed by atoms with van der Waals surface area (Å²) in [4.78, 5) is 23.3. The van der Waals surface area contributed by atoms with E-state index in [9.17, 15) is 14.0 Å². The Hall–Kier alpha value is -1.85. The van der Waals surface area contributed by atoms with Crippen molar-refractivity contribution in [2.24, 2.45) is 17.8 Å². The highest BCUT2D eigenvalue weighted by molar-refractivity contribution is 5.99. The van der Waals surface area contributed by atoms with Gasteiger partial charge in [-0.1, -0.05) is 0 Å². The molecule has 0 spiro atoms. The second-order valence-electron chi connectivity index (χ2n) is 4.47. The van der Waals surface area contributed by atoms with E-state index in [0.29, 0.717) is 12.4 Å². The zero-order chi connectivity index (χ0) is 14.0. The number of methoxy groups -OCH3 is 1. The summed E-state index contributed by atoms with van der Waals surface area (Å²) >= 11 is 0. The lowest BCUT2D eigenvalue weighted by Gasteiger charge is -2.19. The van der Waals surface area contributed by atoms with Crippen molar-refractivity contribution in [1.82, 2.24) is 5.32 Å². The van der Waals surface area contributed by atoms with E-state index in [4.69, 9.17) is 4.74 Å². The summed E-state index contributed by atoms with van der Waals surface area (Å²) < 4.78 is 23.8. The highest BCUT2D eigenvalue weighted by Crippen LogP contribution is 2.38. The van der Waals surface area contributed by atoms with Crippen LogP contribution in [0.15, 0.2) is 23.7 Å². The van der Waals surface area contributed by atoms with E-state index >= 15 is 0 Å². The van der Waals surface area contributed by atoms with Gasteiger partial charge in [0.2, 0.25) is 5.91 Å². The predicted molar refractivity (Wildman–Crippen MR) is 64.4 cm³/mol. The van der Waals surface area contributed by atoms with Gasteiger partial charge in [-0.05, 0) is 13.0 Å². The number of amides is 1. The van der Waals surface area contributed by atoms with Crippen LogP contribution >= 0.6 is 0 Å². The Kier molecular flexibility index (Phi) is 3.87. The Morgan fingerprint density at radius 2 is 2.32 bits per heavy atom.